The number of hydrogen-bond donors (Lipinski definition) is 2. The average Bonchev–Trinajstić information content (AvgIpc) is 3.00. The Balaban J connectivity index is 1.82. The van der Waals surface area contributed by atoms with Crippen molar-refractivity contribution in [1.82, 2.24) is 20.4 Å². The van der Waals surface area contributed by atoms with Crippen molar-refractivity contribution < 1.29 is 4.79 Å². The van der Waals surface area contributed by atoms with Gasteiger partial charge in [-0.3, -0.25) is 9.89 Å². The number of amides is 1. The summed E-state index contributed by atoms with van der Waals surface area (Å²) in [5, 5.41) is 10.2. The Morgan fingerprint density at radius 2 is 2.18 bits per heavy atom. The summed E-state index contributed by atoms with van der Waals surface area (Å²) in [4.78, 5) is 13.6. The molecule has 1 amide bonds. The normalized spacial score (nSPS) is 10.6. The van der Waals surface area contributed by atoms with E-state index in [1.54, 1.807) is 6.08 Å². The van der Waals surface area contributed by atoms with E-state index in [0.29, 0.717) is 19.5 Å². The zero-order valence-corrected chi connectivity index (χ0v) is 12.9. The van der Waals surface area contributed by atoms with Crippen molar-refractivity contribution in [3.05, 3.63) is 54.7 Å². The minimum Gasteiger partial charge on any atom is -0.353 e. The van der Waals surface area contributed by atoms with Gasteiger partial charge in [-0.05, 0) is 13.1 Å². The Labute approximate surface area is 131 Å². The third kappa shape index (κ3) is 4.86. The molecular formula is C17H22N4O. The Morgan fingerprint density at radius 3 is 2.91 bits per heavy atom. The minimum atomic E-state index is 0.0429. The van der Waals surface area contributed by atoms with Crippen molar-refractivity contribution in [3.8, 4) is 11.3 Å². The zero-order valence-electron chi connectivity index (χ0n) is 12.9. The van der Waals surface area contributed by atoms with E-state index in [9.17, 15) is 4.79 Å². The summed E-state index contributed by atoms with van der Waals surface area (Å²) in [7, 11) is 1.99. The number of aromatic nitrogens is 2. The number of rotatable bonds is 8. The average molecular weight is 298 g/mol. The lowest BCUT2D eigenvalue weighted by atomic mass is 10.1. The number of H-pyrrole nitrogens is 1. The van der Waals surface area contributed by atoms with E-state index in [2.05, 4.69) is 27.0 Å². The molecule has 0 atom stereocenters. The second kappa shape index (κ2) is 8.14. The van der Waals surface area contributed by atoms with Gasteiger partial charge in [-0.2, -0.15) is 5.10 Å². The maximum Gasteiger partial charge on any atom is 0.221 e. The molecular weight excluding hydrogens is 276 g/mol. The van der Waals surface area contributed by atoms with Gasteiger partial charge in [0.15, 0.2) is 0 Å². The molecule has 2 aromatic rings. The predicted octanol–water partition coefficient (Wildman–Crippen LogP) is 2.20. The number of benzene rings is 1. The van der Waals surface area contributed by atoms with Gasteiger partial charge in [-0.25, -0.2) is 0 Å². The lowest BCUT2D eigenvalue weighted by molar-refractivity contribution is -0.121. The quantitative estimate of drug-likeness (QED) is 0.735. The second-order valence-corrected chi connectivity index (χ2v) is 5.22. The third-order valence-corrected chi connectivity index (χ3v) is 3.30. The first-order chi connectivity index (χ1) is 10.7. The van der Waals surface area contributed by atoms with Crippen LogP contribution in [0.1, 0.15) is 12.1 Å². The van der Waals surface area contributed by atoms with E-state index in [1.807, 2.05) is 43.4 Å². The number of carbonyl (C=O) groups excluding carboxylic acids is 1. The van der Waals surface area contributed by atoms with E-state index in [1.165, 1.54) is 0 Å². The highest BCUT2D eigenvalue weighted by Crippen LogP contribution is 2.17. The lowest BCUT2D eigenvalue weighted by Crippen LogP contribution is -2.28. The maximum absolute atomic E-state index is 11.5. The van der Waals surface area contributed by atoms with E-state index in [0.717, 1.165) is 23.5 Å². The number of carbonyl (C=O) groups is 1. The first-order valence-electron chi connectivity index (χ1n) is 7.35. The molecule has 2 rings (SSSR count). The van der Waals surface area contributed by atoms with Crippen LogP contribution in [-0.4, -0.2) is 41.1 Å². The van der Waals surface area contributed by atoms with Crippen molar-refractivity contribution in [1.29, 1.82) is 0 Å². The largest absolute Gasteiger partial charge is 0.353 e. The van der Waals surface area contributed by atoms with E-state index >= 15 is 0 Å². The molecule has 0 unspecified atom stereocenters. The molecule has 1 aromatic heterocycles. The Hall–Kier alpha value is -2.40. The highest BCUT2D eigenvalue weighted by atomic mass is 16.1. The molecule has 0 fully saturated rings. The summed E-state index contributed by atoms with van der Waals surface area (Å²) in [5.41, 5.74) is 3.07. The molecule has 5 nitrogen and oxygen atoms in total. The van der Waals surface area contributed by atoms with Gasteiger partial charge in [0.25, 0.3) is 0 Å². The van der Waals surface area contributed by atoms with Crippen LogP contribution in [0.15, 0.2) is 49.1 Å². The van der Waals surface area contributed by atoms with Crippen molar-refractivity contribution in [2.24, 2.45) is 0 Å². The van der Waals surface area contributed by atoms with Gasteiger partial charge >= 0.3 is 0 Å². The van der Waals surface area contributed by atoms with Gasteiger partial charge in [-0.1, -0.05) is 36.4 Å². The summed E-state index contributed by atoms with van der Waals surface area (Å²) in [6.45, 7) is 5.52. The van der Waals surface area contributed by atoms with Crippen molar-refractivity contribution >= 4 is 5.91 Å². The molecule has 116 valence electrons. The standard InChI is InChI=1S/C17H22N4O/c1-3-10-18-17(22)9-11-21(2)13-15-12-16(20-19-15)14-7-5-4-6-8-14/h3-8,12H,1,9-11,13H2,2H3,(H,18,22)(H,19,20). The molecule has 0 radical (unpaired) electrons. The molecule has 1 aromatic carbocycles. The second-order valence-electron chi connectivity index (χ2n) is 5.22. The van der Waals surface area contributed by atoms with E-state index in [-0.39, 0.29) is 5.91 Å². The van der Waals surface area contributed by atoms with Crippen molar-refractivity contribution in [3.63, 3.8) is 0 Å². The maximum atomic E-state index is 11.5. The number of nitrogens with one attached hydrogen (secondary N) is 2. The van der Waals surface area contributed by atoms with Gasteiger partial charge in [0, 0.05) is 37.3 Å². The van der Waals surface area contributed by atoms with E-state index < -0.39 is 0 Å². The van der Waals surface area contributed by atoms with Crippen LogP contribution in [0.2, 0.25) is 0 Å². The van der Waals surface area contributed by atoms with Crippen LogP contribution < -0.4 is 5.32 Å². The summed E-state index contributed by atoms with van der Waals surface area (Å²) < 4.78 is 0. The monoisotopic (exact) mass is 298 g/mol. The van der Waals surface area contributed by atoms with Gasteiger partial charge in [0.05, 0.1) is 5.69 Å². The Kier molecular flexibility index (Phi) is 5.91. The van der Waals surface area contributed by atoms with Crippen LogP contribution in [0.3, 0.4) is 0 Å². The molecule has 0 aliphatic carbocycles. The predicted molar refractivity (Wildman–Crippen MR) is 88.2 cm³/mol. The first-order valence-corrected chi connectivity index (χ1v) is 7.35. The zero-order chi connectivity index (χ0) is 15.8. The van der Waals surface area contributed by atoms with Gasteiger partial charge < -0.3 is 10.2 Å². The Bertz CT molecular complexity index is 606. The summed E-state index contributed by atoms with van der Waals surface area (Å²) in [6, 6.07) is 12.1. The fraction of sp³-hybridized carbons (Fsp3) is 0.294. The summed E-state index contributed by atoms with van der Waals surface area (Å²) in [5.74, 6) is 0.0429. The molecule has 1 heterocycles. The fourth-order valence-electron chi connectivity index (χ4n) is 2.14. The van der Waals surface area contributed by atoms with Gasteiger partial charge in [0.2, 0.25) is 5.91 Å². The molecule has 22 heavy (non-hydrogen) atoms. The topological polar surface area (TPSA) is 61.0 Å². The summed E-state index contributed by atoms with van der Waals surface area (Å²) >= 11 is 0. The summed E-state index contributed by atoms with van der Waals surface area (Å²) in [6.07, 6.45) is 2.15. The molecule has 0 spiro atoms. The third-order valence-electron chi connectivity index (χ3n) is 3.30. The molecule has 5 heteroatoms. The molecule has 0 saturated heterocycles. The minimum absolute atomic E-state index is 0.0429. The van der Waals surface area contributed by atoms with Crippen LogP contribution in [0.5, 0.6) is 0 Å². The highest BCUT2D eigenvalue weighted by molar-refractivity contribution is 5.76. The van der Waals surface area contributed by atoms with Crippen LogP contribution in [0.25, 0.3) is 11.3 Å². The van der Waals surface area contributed by atoms with Crippen LogP contribution in [0.4, 0.5) is 0 Å². The highest BCUT2D eigenvalue weighted by Gasteiger charge is 2.08. The van der Waals surface area contributed by atoms with Gasteiger partial charge in [-0.15, -0.1) is 6.58 Å². The SMILES string of the molecule is C=CCNC(=O)CCN(C)Cc1cc(-c2ccccc2)n[nH]1. The van der Waals surface area contributed by atoms with Crippen molar-refractivity contribution in [2.75, 3.05) is 20.1 Å². The molecule has 0 aliphatic rings. The van der Waals surface area contributed by atoms with Crippen LogP contribution >= 0.6 is 0 Å². The first kappa shape index (κ1) is 16.0. The molecule has 0 saturated carbocycles. The molecule has 0 bridgehead atoms. The van der Waals surface area contributed by atoms with Gasteiger partial charge in [0.1, 0.15) is 0 Å². The number of aromatic amines is 1. The smallest absolute Gasteiger partial charge is 0.221 e. The molecule has 0 aliphatic heterocycles. The van der Waals surface area contributed by atoms with Crippen molar-refractivity contribution in [2.45, 2.75) is 13.0 Å². The number of hydrogen-bond acceptors (Lipinski definition) is 3. The fourth-order valence-corrected chi connectivity index (χ4v) is 2.14. The molecule has 2 N–H and O–H groups in total. The lowest BCUT2D eigenvalue weighted by Gasteiger charge is -2.14. The van der Waals surface area contributed by atoms with Crippen LogP contribution in [-0.2, 0) is 11.3 Å². The Morgan fingerprint density at radius 1 is 1.41 bits per heavy atom. The van der Waals surface area contributed by atoms with Crippen LogP contribution in [0, 0.1) is 0 Å². The number of nitrogens with zero attached hydrogens (tertiary/aromatic N) is 2. The van der Waals surface area contributed by atoms with E-state index in [4.69, 9.17) is 0 Å².